The third-order valence-electron chi connectivity index (χ3n) is 1.45. The van der Waals surface area contributed by atoms with Gasteiger partial charge in [0.15, 0.2) is 5.78 Å². The van der Waals surface area contributed by atoms with Crippen LogP contribution in [0, 0.1) is 6.92 Å². The molecule has 2 nitrogen and oxygen atoms in total. The second-order valence-corrected chi connectivity index (χ2v) is 3.71. The van der Waals surface area contributed by atoms with E-state index in [-0.39, 0.29) is 5.78 Å². The van der Waals surface area contributed by atoms with Gasteiger partial charge in [0.05, 0.1) is 6.42 Å². The van der Waals surface area contributed by atoms with Crippen LogP contribution in [0.1, 0.15) is 17.6 Å². The monoisotopic (exact) mass is 181 g/mol. The van der Waals surface area contributed by atoms with Crippen molar-refractivity contribution in [3.8, 4) is 0 Å². The number of nitrogens with zero attached hydrogens (tertiary/aromatic N) is 1. The van der Waals surface area contributed by atoms with E-state index in [9.17, 15) is 4.79 Å². The molecule has 1 heterocycles. The van der Waals surface area contributed by atoms with Crippen molar-refractivity contribution in [3.05, 3.63) is 28.2 Å². The number of aromatic nitrogens is 1. The summed E-state index contributed by atoms with van der Waals surface area (Å²) in [4.78, 5) is 15.4. The van der Waals surface area contributed by atoms with E-state index >= 15 is 0 Å². The van der Waals surface area contributed by atoms with Crippen molar-refractivity contribution in [3.63, 3.8) is 0 Å². The minimum absolute atomic E-state index is 0.0735. The average Bonchev–Trinajstić information content (AvgIpc) is 2.35. The molecule has 0 fully saturated rings. The highest BCUT2D eigenvalue weighted by Gasteiger charge is 2.06. The molecule has 0 bridgehead atoms. The number of hydrogen-bond acceptors (Lipinski definition) is 3. The molecule has 0 aromatic carbocycles. The summed E-state index contributed by atoms with van der Waals surface area (Å²) in [7, 11) is 0. The lowest BCUT2D eigenvalue weighted by atomic mass is 10.2. The van der Waals surface area contributed by atoms with E-state index in [2.05, 4.69) is 11.6 Å². The Morgan fingerprint density at radius 3 is 2.83 bits per heavy atom. The van der Waals surface area contributed by atoms with Crippen molar-refractivity contribution >= 4 is 17.1 Å². The fourth-order valence-electron chi connectivity index (χ4n) is 0.772. The molecule has 1 rings (SSSR count). The predicted molar refractivity (Wildman–Crippen MR) is 50.4 cm³/mol. The molecule has 3 heteroatoms. The van der Waals surface area contributed by atoms with E-state index < -0.39 is 0 Å². The Labute approximate surface area is 76.0 Å². The van der Waals surface area contributed by atoms with Gasteiger partial charge in [-0.05, 0) is 19.4 Å². The van der Waals surface area contributed by atoms with Gasteiger partial charge in [0, 0.05) is 11.1 Å². The first-order valence-electron chi connectivity index (χ1n) is 3.69. The van der Waals surface area contributed by atoms with Gasteiger partial charge in [-0.1, -0.05) is 6.58 Å². The zero-order valence-corrected chi connectivity index (χ0v) is 8.07. The van der Waals surface area contributed by atoms with Crippen molar-refractivity contribution in [2.75, 3.05) is 0 Å². The fraction of sp³-hybridized carbons (Fsp3) is 0.333. The van der Waals surface area contributed by atoms with Crippen molar-refractivity contribution in [2.24, 2.45) is 0 Å². The van der Waals surface area contributed by atoms with Gasteiger partial charge in [0.1, 0.15) is 5.01 Å². The molecular weight excluding hydrogens is 170 g/mol. The zero-order valence-electron chi connectivity index (χ0n) is 7.26. The molecule has 0 aliphatic rings. The minimum atomic E-state index is 0.0735. The highest BCUT2D eigenvalue weighted by atomic mass is 32.1. The van der Waals surface area contributed by atoms with Crippen LogP contribution in [0.15, 0.2) is 17.5 Å². The molecule has 0 atom stereocenters. The second kappa shape index (κ2) is 3.63. The van der Waals surface area contributed by atoms with E-state index in [1.54, 1.807) is 6.92 Å². The molecule has 0 saturated carbocycles. The van der Waals surface area contributed by atoms with Crippen LogP contribution in [0.4, 0.5) is 0 Å². The number of allylic oxidation sites excluding steroid dienone is 1. The lowest BCUT2D eigenvalue weighted by molar-refractivity contribution is -0.114. The van der Waals surface area contributed by atoms with Gasteiger partial charge in [-0.25, -0.2) is 4.98 Å². The smallest absolute Gasteiger partial charge is 0.164 e. The topological polar surface area (TPSA) is 30.0 Å². The maximum absolute atomic E-state index is 11.2. The number of Topliss-reactive ketones (excluding diaryl/α,β-unsaturated/α-hetero) is 1. The molecule has 0 radical (unpaired) electrons. The van der Waals surface area contributed by atoms with Gasteiger partial charge in [-0.3, -0.25) is 4.79 Å². The molecule has 0 amide bonds. The maximum Gasteiger partial charge on any atom is 0.164 e. The van der Waals surface area contributed by atoms with Crippen LogP contribution in [0.2, 0.25) is 0 Å². The van der Waals surface area contributed by atoms with E-state index in [1.165, 1.54) is 11.3 Å². The molecule has 0 aliphatic carbocycles. The number of ketones is 1. The Bertz CT molecular complexity index is 314. The molecule has 0 saturated heterocycles. The molecule has 64 valence electrons. The molecular formula is C9H11NOS. The summed E-state index contributed by atoms with van der Waals surface area (Å²) >= 11 is 1.52. The first kappa shape index (κ1) is 9.13. The lowest BCUT2D eigenvalue weighted by Gasteiger charge is -1.93. The summed E-state index contributed by atoms with van der Waals surface area (Å²) in [5.74, 6) is 0.0735. The van der Waals surface area contributed by atoms with Gasteiger partial charge in [-0.2, -0.15) is 0 Å². The Kier molecular flexibility index (Phi) is 2.76. The molecule has 0 aliphatic heterocycles. The summed E-state index contributed by atoms with van der Waals surface area (Å²) in [6, 6.07) is 0. The zero-order chi connectivity index (χ0) is 9.14. The van der Waals surface area contributed by atoms with Gasteiger partial charge in [-0.15, -0.1) is 11.3 Å². The van der Waals surface area contributed by atoms with E-state index in [0.29, 0.717) is 12.0 Å². The lowest BCUT2D eigenvalue weighted by Crippen LogP contribution is -2.02. The quantitative estimate of drug-likeness (QED) is 0.669. The Hall–Kier alpha value is -0.960. The number of aryl methyl sites for hydroxylation is 1. The van der Waals surface area contributed by atoms with Gasteiger partial charge in [0.2, 0.25) is 0 Å². The number of hydrogen-bond donors (Lipinski definition) is 0. The molecule has 1 aromatic rings. The summed E-state index contributed by atoms with van der Waals surface area (Å²) in [5, 5.41) is 2.82. The maximum atomic E-state index is 11.2. The number of carbonyl (C=O) groups is 1. The molecule has 0 unspecified atom stereocenters. The average molecular weight is 181 g/mol. The largest absolute Gasteiger partial charge is 0.294 e. The van der Waals surface area contributed by atoms with Crippen LogP contribution in [-0.4, -0.2) is 10.8 Å². The normalized spacial score (nSPS) is 9.83. The summed E-state index contributed by atoms with van der Waals surface area (Å²) in [5.41, 5.74) is 1.58. The van der Waals surface area contributed by atoms with E-state index in [0.717, 1.165) is 10.7 Å². The SMILES string of the molecule is C=C(C)C(=O)Cc1nc(C)cs1. The molecule has 1 aromatic heterocycles. The summed E-state index contributed by atoms with van der Waals surface area (Å²) < 4.78 is 0. The first-order valence-corrected chi connectivity index (χ1v) is 4.57. The summed E-state index contributed by atoms with van der Waals surface area (Å²) in [6.07, 6.45) is 0.397. The standard InChI is InChI=1S/C9H11NOS/c1-6(2)8(11)4-9-10-7(3)5-12-9/h5H,1,4H2,2-3H3. The highest BCUT2D eigenvalue weighted by molar-refractivity contribution is 7.09. The minimum Gasteiger partial charge on any atom is -0.294 e. The van der Waals surface area contributed by atoms with Crippen LogP contribution in [0.5, 0.6) is 0 Å². The number of thiazole rings is 1. The molecule has 0 spiro atoms. The van der Waals surface area contributed by atoms with E-state index in [1.807, 2.05) is 12.3 Å². The van der Waals surface area contributed by atoms with Crippen molar-refractivity contribution < 1.29 is 4.79 Å². The van der Waals surface area contributed by atoms with E-state index in [4.69, 9.17) is 0 Å². The van der Waals surface area contributed by atoms with Gasteiger partial charge >= 0.3 is 0 Å². The first-order chi connectivity index (χ1) is 5.59. The second-order valence-electron chi connectivity index (χ2n) is 2.76. The van der Waals surface area contributed by atoms with Crippen LogP contribution >= 0.6 is 11.3 Å². The van der Waals surface area contributed by atoms with Crippen LogP contribution in [-0.2, 0) is 11.2 Å². The predicted octanol–water partition coefficient (Wildman–Crippen LogP) is 2.14. The van der Waals surface area contributed by atoms with Crippen molar-refractivity contribution in [2.45, 2.75) is 20.3 Å². The Morgan fingerprint density at radius 2 is 2.42 bits per heavy atom. The Balaban J connectivity index is 2.64. The fourth-order valence-corrected chi connectivity index (χ4v) is 1.54. The summed E-state index contributed by atoms with van der Waals surface area (Å²) in [6.45, 7) is 7.23. The van der Waals surface area contributed by atoms with Crippen LogP contribution < -0.4 is 0 Å². The van der Waals surface area contributed by atoms with Gasteiger partial charge in [0.25, 0.3) is 0 Å². The van der Waals surface area contributed by atoms with Crippen molar-refractivity contribution in [1.82, 2.24) is 4.98 Å². The third-order valence-corrected chi connectivity index (χ3v) is 2.42. The van der Waals surface area contributed by atoms with Gasteiger partial charge < -0.3 is 0 Å². The Morgan fingerprint density at radius 1 is 1.75 bits per heavy atom. The highest BCUT2D eigenvalue weighted by Crippen LogP contribution is 2.10. The molecule has 12 heavy (non-hydrogen) atoms. The third kappa shape index (κ3) is 2.27. The van der Waals surface area contributed by atoms with Crippen LogP contribution in [0.3, 0.4) is 0 Å². The van der Waals surface area contributed by atoms with Crippen molar-refractivity contribution in [1.29, 1.82) is 0 Å². The van der Waals surface area contributed by atoms with Crippen LogP contribution in [0.25, 0.3) is 0 Å². The molecule has 0 N–H and O–H groups in total. The number of rotatable bonds is 3. The number of carbonyl (C=O) groups excluding carboxylic acids is 1.